The van der Waals surface area contributed by atoms with Crippen LogP contribution in [-0.4, -0.2) is 50.4 Å². The van der Waals surface area contributed by atoms with Gasteiger partial charge in [0.1, 0.15) is 12.6 Å². The van der Waals surface area contributed by atoms with Crippen LogP contribution in [0, 0.1) is 5.92 Å². The summed E-state index contributed by atoms with van der Waals surface area (Å²) >= 11 is 0. The Labute approximate surface area is 199 Å². The monoisotopic (exact) mass is 476 g/mol. The number of amides is 2. The number of hydrogen-bond acceptors (Lipinski definition) is 5. The van der Waals surface area contributed by atoms with Gasteiger partial charge in [-0.05, 0) is 28.1 Å². The largest absolute Gasteiger partial charge is 0.447 e. The lowest BCUT2D eigenvalue weighted by atomic mass is 9.94. The average Bonchev–Trinajstić information content (AvgIpc) is 3.12. The van der Waals surface area contributed by atoms with E-state index in [0.717, 1.165) is 5.56 Å². The molecule has 33 heavy (non-hydrogen) atoms. The van der Waals surface area contributed by atoms with Crippen LogP contribution in [0.2, 0.25) is 16.6 Å². The molecule has 4 atom stereocenters. The zero-order valence-electron chi connectivity index (χ0n) is 21.2. The van der Waals surface area contributed by atoms with Crippen LogP contribution in [0.1, 0.15) is 67.0 Å². The van der Waals surface area contributed by atoms with E-state index in [1.165, 1.54) is 0 Å². The van der Waals surface area contributed by atoms with E-state index >= 15 is 0 Å². The van der Waals surface area contributed by atoms with E-state index in [0.29, 0.717) is 16.6 Å². The Morgan fingerprint density at radius 2 is 1.55 bits per heavy atom. The number of cyclic esters (lactones) is 1. The van der Waals surface area contributed by atoms with Crippen molar-refractivity contribution in [1.82, 2.24) is 10.2 Å². The van der Waals surface area contributed by atoms with Crippen LogP contribution in [0.25, 0.3) is 0 Å². The Morgan fingerprint density at radius 3 is 2.06 bits per heavy atom. The molecule has 0 aliphatic carbocycles. The summed E-state index contributed by atoms with van der Waals surface area (Å²) in [5.74, 6) is -0.269. The number of hydrogen-bond donors (Lipinski definition) is 1. The number of carbonyl (C=O) groups is 2. The van der Waals surface area contributed by atoms with Crippen LogP contribution in [0.15, 0.2) is 30.3 Å². The summed E-state index contributed by atoms with van der Waals surface area (Å²) in [6.45, 7) is 17.4. The second-order valence-electron chi connectivity index (χ2n) is 10.5. The average molecular weight is 477 g/mol. The van der Waals surface area contributed by atoms with Crippen molar-refractivity contribution in [2.75, 3.05) is 6.61 Å². The van der Waals surface area contributed by atoms with Gasteiger partial charge in [0.05, 0.1) is 12.1 Å². The molecular formula is C25H40N2O5Si. The van der Waals surface area contributed by atoms with Crippen LogP contribution in [0.5, 0.6) is 0 Å². The lowest BCUT2D eigenvalue weighted by molar-refractivity contribution is -0.204. The summed E-state index contributed by atoms with van der Waals surface area (Å²) < 4.78 is 18.5. The van der Waals surface area contributed by atoms with Crippen LogP contribution in [0.3, 0.4) is 0 Å². The SMILES string of the molecule is CC(C)C1O[C@H](O[Si](C(C)C)(C(C)C)C(C)C)NC(=O)C1N1C(=O)OC[C@@H]1c1ccccc1. The highest BCUT2D eigenvalue weighted by molar-refractivity contribution is 6.77. The predicted molar refractivity (Wildman–Crippen MR) is 130 cm³/mol. The standard InChI is InChI=1S/C25H40N2O5Si/c1-15(2)22-21(27-20(14-30-25(27)29)19-12-10-9-11-13-19)23(28)26-24(31-22)32-33(16(3)4,17(5)6)18(7)8/h9-13,15-18,20-22,24H,14H2,1-8H3,(H,26,28)/t20-,21?,22?,24-/m1/s1. The molecule has 2 fully saturated rings. The van der Waals surface area contributed by atoms with Crippen molar-refractivity contribution in [3.63, 3.8) is 0 Å². The molecule has 0 saturated carbocycles. The fourth-order valence-electron chi connectivity index (χ4n) is 5.73. The van der Waals surface area contributed by atoms with Gasteiger partial charge in [0.15, 0.2) is 0 Å². The number of nitrogens with zero attached hydrogens (tertiary/aromatic N) is 1. The van der Waals surface area contributed by atoms with E-state index in [1.54, 1.807) is 4.90 Å². The summed E-state index contributed by atoms with van der Waals surface area (Å²) in [5.41, 5.74) is 1.99. The van der Waals surface area contributed by atoms with Crippen molar-refractivity contribution in [2.45, 2.75) is 96.6 Å². The van der Waals surface area contributed by atoms with Gasteiger partial charge in [-0.2, -0.15) is 0 Å². The van der Waals surface area contributed by atoms with Crippen molar-refractivity contribution < 1.29 is 23.5 Å². The van der Waals surface area contributed by atoms with Crippen LogP contribution in [0.4, 0.5) is 4.79 Å². The van der Waals surface area contributed by atoms with Crippen LogP contribution < -0.4 is 5.32 Å². The third-order valence-electron chi connectivity index (χ3n) is 7.19. The molecule has 0 aromatic heterocycles. The second-order valence-corrected chi connectivity index (χ2v) is 15.9. The van der Waals surface area contributed by atoms with Gasteiger partial charge in [-0.1, -0.05) is 85.7 Å². The Morgan fingerprint density at radius 1 is 0.970 bits per heavy atom. The third kappa shape index (κ3) is 4.84. The highest BCUT2D eigenvalue weighted by Crippen LogP contribution is 2.44. The van der Waals surface area contributed by atoms with Crippen molar-refractivity contribution in [2.24, 2.45) is 5.92 Å². The van der Waals surface area contributed by atoms with Crippen molar-refractivity contribution in [3.05, 3.63) is 35.9 Å². The molecule has 0 radical (unpaired) electrons. The minimum absolute atomic E-state index is 0.00908. The molecule has 1 N–H and O–H groups in total. The van der Waals surface area contributed by atoms with Gasteiger partial charge in [0.25, 0.3) is 0 Å². The number of nitrogens with one attached hydrogen (secondary N) is 1. The fourth-order valence-corrected chi connectivity index (χ4v) is 11.0. The number of benzene rings is 1. The first-order valence-corrected chi connectivity index (χ1v) is 14.3. The highest BCUT2D eigenvalue weighted by Gasteiger charge is 2.53. The first-order chi connectivity index (χ1) is 15.5. The van der Waals surface area contributed by atoms with Gasteiger partial charge in [-0.3, -0.25) is 9.69 Å². The topological polar surface area (TPSA) is 77.1 Å². The minimum Gasteiger partial charge on any atom is -0.447 e. The molecule has 8 heteroatoms. The zero-order valence-corrected chi connectivity index (χ0v) is 22.2. The first kappa shape index (κ1) is 25.7. The molecule has 2 aliphatic heterocycles. The first-order valence-electron chi connectivity index (χ1n) is 12.1. The number of rotatable bonds is 8. The van der Waals surface area contributed by atoms with Gasteiger partial charge < -0.3 is 19.2 Å². The molecule has 2 heterocycles. The summed E-state index contributed by atoms with van der Waals surface area (Å²) in [6.07, 6.45) is -1.83. The summed E-state index contributed by atoms with van der Waals surface area (Å²) in [6, 6.07) is 8.54. The fraction of sp³-hybridized carbons (Fsp3) is 0.680. The minimum atomic E-state index is -2.29. The molecule has 7 nitrogen and oxygen atoms in total. The lowest BCUT2D eigenvalue weighted by Crippen LogP contribution is -2.66. The Bertz CT molecular complexity index is 808. The molecule has 2 amide bonds. The van der Waals surface area contributed by atoms with Crippen molar-refractivity contribution in [1.29, 1.82) is 0 Å². The molecule has 2 aliphatic rings. The Hall–Kier alpha value is -1.90. The van der Waals surface area contributed by atoms with Gasteiger partial charge in [0.2, 0.25) is 20.6 Å². The van der Waals surface area contributed by atoms with Gasteiger partial charge >= 0.3 is 6.09 Å². The molecule has 1 aromatic carbocycles. The van der Waals surface area contributed by atoms with E-state index < -0.39 is 33.0 Å². The molecule has 184 valence electrons. The highest BCUT2D eigenvalue weighted by atomic mass is 28.4. The van der Waals surface area contributed by atoms with E-state index in [4.69, 9.17) is 13.9 Å². The predicted octanol–water partition coefficient (Wildman–Crippen LogP) is 5.20. The molecular weight excluding hydrogens is 436 g/mol. The summed E-state index contributed by atoms with van der Waals surface area (Å²) in [4.78, 5) is 27.9. The molecule has 3 rings (SSSR count). The smallest absolute Gasteiger partial charge is 0.411 e. The van der Waals surface area contributed by atoms with Crippen molar-refractivity contribution in [3.8, 4) is 0 Å². The lowest BCUT2D eigenvalue weighted by Gasteiger charge is -2.48. The van der Waals surface area contributed by atoms with E-state index in [2.05, 4.69) is 46.9 Å². The van der Waals surface area contributed by atoms with Crippen LogP contribution >= 0.6 is 0 Å². The maximum absolute atomic E-state index is 13.5. The number of carbonyl (C=O) groups excluding carboxylic acids is 2. The maximum atomic E-state index is 13.5. The zero-order chi connectivity index (χ0) is 24.5. The summed E-state index contributed by atoms with van der Waals surface area (Å²) in [7, 11) is -2.29. The Balaban J connectivity index is 1.90. The third-order valence-corrected chi connectivity index (χ3v) is 13.2. The molecule has 0 spiro atoms. The maximum Gasteiger partial charge on any atom is 0.411 e. The van der Waals surface area contributed by atoms with Crippen molar-refractivity contribution >= 4 is 20.3 Å². The van der Waals surface area contributed by atoms with Crippen LogP contribution in [-0.2, 0) is 18.7 Å². The van der Waals surface area contributed by atoms with E-state index in [-0.39, 0.29) is 24.5 Å². The summed E-state index contributed by atoms with van der Waals surface area (Å²) in [5, 5.41) is 2.94. The van der Waals surface area contributed by atoms with E-state index in [9.17, 15) is 9.59 Å². The van der Waals surface area contributed by atoms with Gasteiger partial charge in [-0.25, -0.2) is 4.79 Å². The number of ether oxygens (including phenoxy) is 2. The molecule has 1 aromatic rings. The van der Waals surface area contributed by atoms with E-state index in [1.807, 2.05) is 44.2 Å². The normalized spacial score (nSPS) is 26.5. The Kier molecular flexibility index (Phi) is 7.91. The van der Waals surface area contributed by atoms with Gasteiger partial charge in [0, 0.05) is 0 Å². The van der Waals surface area contributed by atoms with Gasteiger partial charge in [-0.15, -0.1) is 0 Å². The quantitative estimate of drug-likeness (QED) is 0.522. The molecule has 2 saturated heterocycles. The molecule has 0 bridgehead atoms. The molecule has 2 unspecified atom stereocenters. The second kappa shape index (κ2) is 10.2.